The summed E-state index contributed by atoms with van der Waals surface area (Å²) in [5.41, 5.74) is 0. The number of rotatable bonds is 2. The van der Waals surface area contributed by atoms with E-state index in [9.17, 15) is 5.11 Å². The Morgan fingerprint density at radius 2 is 2.38 bits per heavy atom. The second-order valence-electron chi connectivity index (χ2n) is 4.37. The number of hydrogen-bond donors (Lipinski definition) is 1. The molecule has 1 aromatic rings. The van der Waals surface area contributed by atoms with Crippen molar-refractivity contribution < 1.29 is 9.84 Å². The van der Waals surface area contributed by atoms with E-state index >= 15 is 0 Å². The van der Waals surface area contributed by atoms with E-state index in [2.05, 4.69) is 23.7 Å². The predicted molar refractivity (Wildman–Crippen MR) is 65.0 cm³/mol. The molecule has 0 aliphatic carbocycles. The molecule has 1 aliphatic rings. The summed E-state index contributed by atoms with van der Waals surface area (Å²) in [4.78, 5) is 7.55. The molecular weight excluding hydrogens is 224 g/mol. The Hall–Kier alpha value is -0.650. The second-order valence-corrected chi connectivity index (χ2v) is 5.41. The molecule has 1 fully saturated rings. The first-order valence-electron chi connectivity index (χ1n) is 5.60. The molecule has 0 aromatic carbocycles. The van der Waals surface area contributed by atoms with Gasteiger partial charge in [-0.3, -0.25) is 0 Å². The van der Waals surface area contributed by atoms with Crippen molar-refractivity contribution in [2.45, 2.75) is 39.0 Å². The molecule has 1 saturated heterocycles. The van der Waals surface area contributed by atoms with Gasteiger partial charge in [-0.25, -0.2) is 4.98 Å². The standard InChI is InChI=1S/C11H18N2O2S/c1-7-6-15-8(2)5-13(7)11-12-4-10(16-11)9(3)14/h4,7-9,14H,5-6H2,1-3H3. The van der Waals surface area contributed by atoms with Gasteiger partial charge in [-0.05, 0) is 20.8 Å². The van der Waals surface area contributed by atoms with Crippen LogP contribution in [0.4, 0.5) is 5.13 Å². The van der Waals surface area contributed by atoms with Crippen molar-refractivity contribution in [2.75, 3.05) is 18.1 Å². The molecular formula is C11H18N2O2S. The average Bonchev–Trinajstić information content (AvgIpc) is 2.70. The van der Waals surface area contributed by atoms with Crippen LogP contribution in [0.2, 0.25) is 0 Å². The number of thiazole rings is 1. The smallest absolute Gasteiger partial charge is 0.186 e. The van der Waals surface area contributed by atoms with Crippen LogP contribution in [0.1, 0.15) is 31.8 Å². The molecule has 0 spiro atoms. The fraction of sp³-hybridized carbons (Fsp3) is 0.727. The zero-order valence-corrected chi connectivity index (χ0v) is 10.7. The molecule has 1 aromatic heterocycles. The Morgan fingerprint density at radius 1 is 1.62 bits per heavy atom. The Balaban J connectivity index is 2.15. The van der Waals surface area contributed by atoms with Crippen molar-refractivity contribution in [3.05, 3.63) is 11.1 Å². The van der Waals surface area contributed by atoms with E-state index in [1.807, 2.05) is 0 Å². The van der Waals surface area contributed by atoms with Gasteiger partial charge in [0.2, 0.25) is 0 Å². The van der Waals surface area contributed by atoms with Crippen molar-refractivity contribution in [3.8, 4) is 0 Å². The summed E-state index contributed by atoms with van der Waals surface area (Å²) < 4.78 is 5.58. The number of ether oxygens (including phenoxy) is 1. The lowest BCUT2D eigenvalue weighted by molar-refractivity contribution is 0.0343. The highest BCUT2D eigenvalue weighted by atomic mass is 32.1. The molecule has 0 amide bonds. The van der Waals surface area contributed by atoms with Crippen LogP contribution < -0.4 is 4.90 Å². The van der Waals surface area contributed by atoms with Crippen molar-refractivity contribution in [2.24, 2.45) is 0 Å². The minimum Gasteiger partial charge on any atom is -0.388 e. The zero-order chi connectivity index (χ0) is 11.7. The normalized spacial score (nSPS) is 28.1. The Kier molecular flexibility index (Phi) is 3.47. The number of anilines is 1. The molecule has 2 heterocycles. The SMILES string of the molecule is CC1CN(c2ncc(C(C)O)s2)C(C)CO1. The Bertz CT molecular complexity index is 354. The van der Waals surface area contributed by atoms with E-state index in [4.69, 9.17) is 4.74 Å². The summed E-state index contributed by atoms with van der Waals surface area (Å²) in [6, 6.07) is 0.351. The van der Waals surface area contributed by atoms with Crippen molar-refractivity contribution in [3.63, 3.8) is 0 Å². The van der Waals surface area contributed by atoms with Gasteiger partial charge in [0, 0.05) is 12.7 Å². The van der Waals surface area contributed by atoms with Crippen LogP contribution in [0.15, 0.2) is 6.20 Å². The number of aromatic nitrogens is 1. The number of aliphatic hydroxyl groups is 1. The lowest BCUT2D eigenvalue weighted by Crippen LogP contribution is -2.47. The summed E-state index contributed by atoms with van der Waals surface area (Å²) in [5, 5.41) is 10.5. The second kappa shape index (κ2) is 4.69. The fourth-order valence-corrected chi connectivity index (χ4v) is 2.74. The zero-order valence-electron chi connectivity index (χ0n) is 9.88. The molecule has 0 bridgehead atoms. The highest BCUT2D eigenvalue weighted by Gasteiger charge is 2.25. The fourth-order valence-electron chi connectivity index (χ4n) is 1.77. The van der Waals surface area contributed by atoms with Crippen LogP contribution in [0.3, 0.4) is 0 Å². The lowest BCUT2D eigenvalue weighted by atomic mass is 10.2. The topological polar surface area (TPSA) is 45.6 Å². The average molecular weight is 242 g/mol. The van der Waals surface area contributed by atoms with Gasteiger partial charge < -0.3 is 14.7 Å². The monoisotopic (exact) mass is 242 g/mol. The van der Waals surface area contributed by atoms with Gasteiger partial charge in [0.25, 0.3) is 0 Å². The highest BCUT2D eigenvalue weighted by molar-refractivity contribution is 7.15. The first-order chi connectivity index (χ1) is 7.58. The van der Waals surface area contributed by atoms with E-state index in [0.717, 1.165) is 23.2 Å². The molecule has 0 saturated carbocycles. The van der Waals surface area contributed by atoms with E-state index < -0.39 is 6.10 Å². The molecule has 5 heteroatoms. The molecule has 3 atom stereocenters. The summed E-state index contributed by atoms with van der Waals surface area (Å²) in [6.07, 6.45) is 1.58. The van der Waals surface area contributed by atoms with Gasteiger partial charge in [-0.2, -0.15) is 0 Å². The summed E-state index contributed by atoms with van der Waals surface area (Å²) in [6.45, 7) is 7.58. The van der Waals surface area contributed by atoms with Gasteiger partial charge in [-0.1, -0.05) is 11.3 Å². The lowest BCUT2D eigenvalue weighted by Gasteiger charge is -2.36. The number of nitrogens with zero attached hydrogens (tertiary/aromatic N) is 2. The van der Waals surface area contributed by atoms with Crippen molar-refractivity contribution in [1.82, 2.24) is 4.98 Å². The highest BCUT2D eigenvalue weighted by Crippen LogP contribution is 2.29. The largest absolute Gasteiger partial charge is 0.388 e. The predicted octanol–water partition coefficient (Wildman–Crippen LogP) is 1.81. The summed E-state index contributed by atoms with van der Waals surface area (Å²) >= 11 is 1.56. The third-order valence-corrected chi connectivity index (χ3v) is 3.98. The maximum atomic E-state index is 9.48. The third-order valence-electron chi connectivity index (χ3n) is 2.78. The molecule has 3 unspecified atom stereocenters. The van der Waals surface area contributed by atoms with Gasteiger partial charge in [-0.15, -0.1) is 0 Å². The summed E-state index contributed by atoms with van der Waals surface area (Å²) in [7, 11) is 0. The van der Waals surface area contributed by atoms with E-state index in [1.54, 1.807) is 24.5 Å². The van der Waals surface area contributed by atoms with E-state index in [0.29, 0.717) is 6.04 Å². The molecule has 90 valence electrons. The number of aliphatic hydroxyl groups excluding tert-OH is 1. The minimum atomic E-state index is -0.431. The van der Waals surface area contributed by atoms with Gasteiger partial charge in [0.05, 0.1) is 29.7 Å². The molecule has 2 rings (SSSR count). The maximum absolute atomic E-state index is 9.48. The summed E-state index contributed by atoms with van der Waals surface area (Å²) in [5.74, 6) is 0. The number of morpholine rings is 1. The molecule has 4 nitrogen and oxygen atoms in total. The Labute approximate surface area is 99.9 Å². The number of hydrogen-bond acceptors (Lipinski definition) is 5. The van der Waals surface area contributed by atoms with Crippen LogP contribution in [-0.2, 0) is 4.74 Å². The van der Waals surface area contributed by atoms with E-state index in [-0.39, 0.29) is 6.10 Å². The Morgan fingerprint density at radius 3 is 3.00 bits per heavy atom. The minimum absolute atomic E-state index is 0.245. The maximum Gasteiger partial charge on any atom is 0.186 e. The van der Waals surface area contributed by atoms with Crippen molar-refractivity contribution in [1.29, 1.82) is 0 Å². The van der Waals surface area contributed by atoms with E-state index in [1.165, 1.54) is 0 Å². The van der Waals surface area contributed by atoms with Crippen LogP contribution in [0.5, 0.6) is 0 Å². The third kappa shape index (κ3) is 2.36. The first kappa shape index (κ1) is 11.8. The van der Waals surface area contributed by atoms with Gasteiger partial charge in [0.1, 0.15) is 0 Å². The van der Waals surface area contributed by atoms with Crippen LogP contribution in [0.25, 0.3) is 0 Å². The quantitative estimate of drug-likeness (QED) is 0.859. The van der Waals surface area contributed by atoms with Gasteiger partial charge >= 0.3 is 0 Å². The molecule has 0 radical (unpaired) electrons. The van der Waals surface area contributed by atoms with Gasteiger partial charge in [0.15, 0.2) is 5.13 Å². The van der Waals surface area contributed by atoms with Crippen LogP contribution in [-0.4, -0.2) is 35.4 Å². The van der Waals surface area contributed by atoms with Crippen LogP contribution in [0, 0.1) is 0 Å². The van der Waals surface area contributed by atoms with Crippen molar-refractivity contribution >= 4 is 16.5 Å². The molecule has 1 aliphatic heterocycles. The first-order valence-corrected chi connectivity index (χ1v) is 6.41. The van der Waals surface area contributed by atoms with Crippen LogP contribution >= 0.6 is 11.3 Å². The molecule has 16 heavy (non-hydrogen) atoms. The molecule has 1 N–H and O–H groups in total.